The molecule has 0 aliphatic rings. The molecule has 2 atom stereocenters. The molecule has 0 fully saturated rings. The lowest BCUT2D eigenvalue weighted by molar-refractivity contribution is -0.155. The van der Waals surface area contributed by atoms with Crippen molar-refractivity contribution in [2.75, 3.05) is 5.32 Å². The van der Waals surface area contributed by atoms with E-state index in [0.717, 1.165) is 6.42 Å². The summed E-state index contributed by atoms with van der Waals surface area (Å²) >= 11 is 12.0. The number of esters is 1. The Balaban J connectivity index is 1.99. The van der Waals surface area contributed by atoms with Crippen LogP contribution in [0, 0.1) is 0 Å². The Hall–Kier alpha value is -2.24. The summed E-state index contributed by atoms with van der Waals surface area (Å²) in [7, 11) is 0. The van der Waals surface area contributed by atoms with Gasteiger partial charge in [-0.2, -0.15) is 0 Å². The molecule has 27 heavy (non-hydrogen) atoms. The summed E-state index contributed by atoms with van der Waals surface area (Å²) in [5.41, 5.74) is 0.837. The second-order valence-electron chi connectivity index (χ2n) is 6.02. The highest BCUT2D eigenvalue weighted by molar-refractivity contribution is 6.35. The van der Waals surface area contributed by atoms with Crippen molar-refractivity contribution in [1.29, 1.82) is 0 Å². The van der Waals surface area contributed by atoms with E-state index in [1.54, 1.807) is 49.4 Å². The number of carbonyl (C=O) groups excluding carboxylic acids is 2. The molecule has 0 heterocycles. The van der Waals surface area contributed by atoms with Crippen molar-refractivity contribution in [3.05, 3.63) is 58.1 Å². The average Bonchev–Trinajstić information content (AvgIpc) is 2.65. The van der Waals surface area contributed by atoms with Gasteiger partial charge < -0.3 is 14.8 Å². The number of anilines is 1. The van der Waals surface area contributed by atoms with Gasteiger partial charge >= 0.3 is 5.97 Å². The second-order valence-corrected chi connectivity index (χ2v) is 6.86. The topological polar surface area (TPSA) is 64.6 Å². The molecular formula is C20H21Cl2NO4. The molecule has 0 saturated carbocycles. The van der Waals surface area contributed by atoms with Gasteiger partial charge in [-0.15, -0.1) is 0 Å². The monoisotopic (exact) mass is 409 g/mol. The fourth-order valence-corrected chi connectivity index (χ4v) is 2.44. The molecule has 0 spiro atoms. The molecule has 7 heteroatoms. The first-order valence-corrected chi connectivity index (χ1v) is 9.29. The van der Waals surface area contributed by atoms with Crippen LogP contribution in [0.25, 0.3) is 0 Å². The van der Waals surface area contributed by atoms with Gasteiger partial charge in [0.2, 0.25) is 0 Å². The molecule has 1 amide bonds. The highest BCUT2D eigenvalue weighted by Crippen LogP contribution is 2.26. The van der Waals surface area contributed by atoms with Crippen LogP contribution in [0.3, 0.4) is 0 Å². The minimum absolute atomic E-state index is 0.159. The lowest BCUT2D eigenvalue weighted by atomic mass is 10.2. The maximum absolute atomic E-state index is 12.3. The fraction of sp³-hybridized carbons (Fsp3) is 0.300. The lowest BCUT2D eigenvalue weighted by Gasteiger charge is -2.17. The van der Waals surface area contributed by atoms with Crippen LogP contribution < -0.4 is 10.1 Å². The molecule has 0 aromatic heterocycles. The Kier molecular flexibility index (Phi) is 7.51. The second kappa shape index (κ2) is 9.62. The van der Waals surface area contributed by atoms with Gasteiger partial charge in [-0.1, -0.05) is 30.1 Å². The standard InChI is InChI=1S/C20H21Cl2NO4/c1-4-12(2)26-20(25)13(3)27-16-8-5-14(6-9-16)19(24)23-18-11-15(21)7-10-17(18)22/h5-13H,4H2,1-3H3,(H,23,24)/t12-,13-/m0/s1. The summed E-state index contributed by atoms with van der Waals surface area (Å²) in [5, 5.41) is 3.56. The van der Waals surface area contributed by atoms with Crippen molar-refractivity contribution in [3.8, 4) is 5.75 Å². The van der Waals surface area contributed by atoms with Crippen molar-refractivity contribution >= 4 is 40.8 Å². The Labute approximate surface area is 168 Å². The number of amides is 1. The highest BCUT2D eigenvalue weighted by atomic mass is 35.5. The number of hydrogen-bond acceptors (Lipinski definition) is 4. The van der Waals surface area contributed by atoms with E-state index in [0.29, 0.717) is 27.0 Å². The molecule has 0 bridgehead atoms. The third-order valence-corrected chi connectivity index (χ3v) is 4.39. The van der Waals surface area contributed by atoms with Crippen LogP contribution in [0.2, 0.25) is 10.0 Å². The number of carbonyl (C=O) groups is 2. The maximum Gasteiger partial charge on any atom is 0.347 e. The van der Waals surface area contributed by atoms with Crippen LogP contribution in [-0.2, 0) is 9.53 Å². The van der Waals surface area contributed by atoms with Gasteiger partial charge in [-0.25, -0.2) is 4.79 Å². The van der Waals surface area contributed by atoms with E-state index in [4.69, 9.17) is 32.7 Å². The summed E-state index contributed by atoms with van der Waals surface area (Å²) in [6.45, 7) is 5.38. The van der Waals surface area contributed by atoms with Crippen LogP contribution in [0.1, 0.15) is 37.6 Å². The van der Waals surface area contributed by atoms with Gasteiger partial charge in [0, 0.05) is 10.6 Å². The van der Waals surface area contributed by atoms with Crippen LogP contribution in [-0.4, -0.2) is 24.1 Å². The molecule has 0 saturated heterocycles. The van der Waals surface area contributed by atoms with E-state index in [9.17, 15) is 9.59 Å². The number of nitrogens with one attached hydrogen (secondary N) is 1. The van der Waals surface area contributed by atoms with Crippen LogP contribution in [0.4, 0.5) is 5.69 Å². The molecule has 0 radical (unpaired) electrons. The third-order valence-electron chi connectivity index (χ3n) is 3.83. The molecule has 0 aliphatic carbocycles. The van der Waals surface area contributed by atoms with E-state index in [2.05, 4.69) is 5.32 Å². The predicted octanol–water partition coefficient (Wildman–Crippen LogP) is 5.35. The minimum Gasteiger partial charge on any atom is -0.479 e. The quantitative estimate of drug-likeness (QED) is 0.625. The molecule has 2 rings (SSSR count). The van der Waals surface area contributed by atoms with E-state index in [-0.39, 0.29) is 12.0 Å². The SMILES string of the molecule is CC[C@H](C)OC(=O)[C@H](C)Oc1ccc(C(=O)Nc2cc(Cl)ccc2Cl)cc1. The van der Waals surface area contributed by atoms with E-state index < -0.39 is 12.1 Å². The van der Waals surface area contributed by atoms with Crippen molar-refractivity contribution in [2.45, 2.75) is 39.4 Å². The summed E-state index contributed by atoms with van der Waals surface area (Å²) in [4.78, 5) is 24.3. The first-order valence-electron chi connectivity index (χ1n) is 8.53. The van der Waals surface area contributed by atoms with E-state index in [1.807, 2.05) is 13.8 Å². The summed E-state index contributed by atoms with van der Waals surface area (Å²) < 4.78 is 10.8. The average molecular weight is 410 g/mol. The van der Waals surface area contributed by atoms with Crippen molar-refractivity contribution < 1.29 is 19.1 Å². The Morgan fingerprint density at radius 3 is 2.37 bits per heavy atom. The molecular weight excluding hydrogens is 389 g/mol. The summed E-state index contributed by atoms with van der Waals surface area (Å²) in [6, 6.07) is 11.2. The zero-order valence-electron chi connectivity index (χ0n) is 15.3. The van der Waals surface area contributed by atoms with Gasteiger partial charge in [0.1, 0.15) is 5.75 Å². The highest BCUT2D eigenvalue weighted by Gasteiger charge is 2.18. The van der Waals surface area contributed by atoms with Crippen molar-refractivity contribution in [1.82, 2.24) is 0 Å². The third kappa shape index (κ3) is 6.15. The Morgan fingerprint density at radius 1 is 1.07 bits per heavy atom. The van der Waals surface area contributed by atoms with Gasteiger partial charge in [-0.3, -0.25) is 4.79 Å². The smallest absolute Gasteiger partial charge is 0.347 e. The van der Waals surface area contributed by atoms with Crippen LogP contribution >= 0.6 is 23.2 Å². The zero-order chi connectivity index (χ0) is 20.0. The number of halogens is 2. The van der Waals surface area contributed by atoms with Crippen molar-refractivity contribution in [3.63, 3.8) is 0 Å². The number of hydrogen-bond donors (Lipinski definition) is 1. The van der Waals surface area contributed by atoms with Crippen molar-refractivity contribution in [2.24, 2.45) is 0 Å². The molecule has 1 N–H and O–H groups in total. The predicted molar refractivity (Wildman–Crippen MR) is 107 cm³/mol. The first-order chi connectivity index (χ1) is 12.8. The zero-order valence-corrected chi connectivity index (χ0v) is 16.8. The first kappa shape index (κ1) is 21.1. The van der Waals surface area contributed by atoms with Gasteiger partial charge in [0.25, 0.3) is 5.91 Å². The van der Waals surface area contributed by atoms with Gasteiger partial charge in [0.15, 0.2) is 6.10 Å². The van der Waals surface area contributed by atoms with Crippen LogP contribution in [0.5, 0.6) is 5.75 Å². The summed E-state index contributed by atoms with van der Waals surface area (Å²) in [6.07, 6.45) is -0.171. The fourth-order valence-electron chi connectivity index (χ4n) is 2.10. The van der Waals surface area contributed by atoms with Gasteiger partial charge in [-0.05, 0) is 62.7 Å². The normalized spacial score (nSPS) is 12.8. The Bertz CT molecular complexity index is 808. The number of ether oxygens (including phenoxy) is 2. The number of rotatable bonds is 7. The Morgan fingerprint density at radius 2 is 1.74 bits per heavy atom. The van der Waals surface area contributed by atoms with Crippen LogP contribution in [0.15, 0.2) is 42.5 Å². The molecule has 144 valence electrons. The molecule has 5 nitrogen and oxygen atoms in total. The molecule has 2 aromatic rings. The molecule has 2 aromatic carbocycles. The molecule has 0 aliphatic heterocycles. The number of benzene rings is 2. The minimum atomic E-state index is -0.746. The largest absolute Gasteiger partial charge is 0.479 e. The van der Waals surface area contributed by atoms with E-state index in [1.165, 1.54) is 0 Å². The molecule has 0 unspecified atom stereocenters. The van der Waals surface area contributed by atoms with Gasteiger partial charge in [0.05, 0.1) is 16.8 Å². The summed E-state index contributed by atoms with van der Waals surface area (Å²) in [5.74, 6) is -0.308. The van der Waals surface area contributed by atoms with E-state index >= 15 is 0 Å². The lowest BCUT2D eigenvalue weighted by Crippen LogP contribution is -2.29. The maximum atomic E-state index is 12.3.